The van der Waals surface area contributed by atoms with Crippen molar-refractivity contribution < 1.29 is 0 Å². The van der Waals surface area contributed by atoms with Gasteiger partial charge < -0.3 is 5.32 Å². The van der Waals surface area contributed by atoms with Crippen LogP contribution in [0.4, 0.5) is 0 Å². The molecule has 0 fully saturated rings. The third kappa shape index (κ3) is 2.95. The van der Waals surface area contributed by atoms with Crippen molar-refractivity contribution in [3.8, 4) is 5.69 Å². The summed E-state index contributed by atoms with van der Waals surface area (Å²) in [7, 11) is 0. The summed E-state index contributed by atoms with van der Waals surface area (Å²) in [4.78, 5) is 5.54. The Balaban J connectivity index is 1.59. The van der Waals surface area contributed by atoms with Crippen molar-refractivity contribution in [2.24, 2.45) is 0 Å². The van der Waals surface area contributed by atoms with Crippen molar-refractivity contribution in [1.29, 1.82) is 0 Å². The zero-order valence-electron chi connectivity index (χ0n) is 11.3. The highest BCUT2D eigenvalue weighted by molar-refractivity contribution is 7.09. The smallest absolute Gasteiger partial charge is 0.0798 e. The molecule has 1 aromatic carbocycles. The maximum absolute atomic E-state index is 4.39. The molecule has 3 aromatic rings. The summed E-state index contributed by atoms with van der Waals surface area (Å²) in [6.07, 6.45) is 3.96. The zero-order valence-corrected chi connectivity index (χ0v) is 12.1. The lowest BCUT2D eigenvalue weighted by atomic mass is 10.3. The molecular formula is C15H16N4S. The summed E-state index contributed by atoms with van der Waals surface area (Å²) in [5.74, 6) is 0. The highest BCUT2D eigenvalue weighted by Crippen LogP contribution is 2.12. The molecule has 0 saturated carbocycles. The van der Waals surface area contributed by atoms with Crippen LogP contribution in [0.3, 0.4) is 0 Å². The molecule has 5 heteroatoms. The first-order chi connectivity index (χ1) is 9.83. The van der Waals surface area contributed by atoms with E-state index in [-0.39, 0.29) is 0 Å². The van der Waals surface area contributed by atoms with Gasteiger partial charge in [0.2, 0.25) is 0 Å². The molecule has 2 heterocycles. The van der Waals surface area contributed by atoms with Crippen molar-refractivity contribution in [2.75, 3.05) is 0 Å². The Kier molecular flexibility index (Phi) is 3.90. The van der Waals surface area contributed by atoms with E-state index in [0.717, 1.165) is 24.5 Å². The Hall–Kier alpha value is -1.98. The van der Waals surface area contributed by atoms with Gasteiger partial charge >= 0.3 is 0 Å². The number of nitrogens with one attached hydrogen (secondary N) is 1. The first-order valence-electron chi connectivity index (χ1n) is 6.51. The van der Waals surface area contributed by atoms with Gasteiger partial charge in [0.25, 0.3) is 0 Å². The summed E-state index contributed by atoms with van der Waals surface area (Å²) >= 11 is 1.69. The normalized spacial score (nSPS) is 10.8. The maximum atomic E-state index is 4.39. The number of thiazole rings is 1. The molecule has 0 atom stereocenters. The van der Waals surface area contributed by atoms with Crippen LogP contribution in [0.15, 0.2) is 48.2 Å². The number of benzene rings is 1. The third-order valence-electron chi connectivity index (χ3n) is 3.12. The summed E-state index contributed by atoms with van der Waals surface area (Å²) < 4.78 is 1.90. The molecule has 0 radical (unpaired) electrons. The van der Waals surface area contributed by atoms with Crippen LogP contribution in [0.1, 0.15) is 16.1 Å². The Morgan fingerprint density at radius 3 is 2.80 bits per heavy atom. The van der Waals surface area contributed by atoms with E-state index in [4.69, 9.17) is 0 Å². The largest absolute Gasteiger partial charge is 0.308 e. The average molecular weight is 284 g/mol. The summed E-state index contributed by atoms with van der Waals surface area (Å²) in [5.41, 5.74) is 5.26. The minimum atomic E-state index is 0.810. The molecule has 3 rings (SSSR count). The van der Waals surface area contributed by atoms with E-state index in [2.05, 4.69) is 21.6 Å². The number of aromatic nitrogens is 3. The Labute approximate surface area is 122 Å². The van der Waals surface area contributed by atoms with Gasteiger partial charge in [-0.2, -0.15) is 5.10 Å². The molecule has 0 saturated heterocycles. The van der Waals surface area contributed by atoms with Crippen LogP contribution in [0.5, 0.6) is 0 Å². The quantitative estimate of drug-likeness (QED) is 0.783. The number of para-hydroxylation sites is 1. The van der Waals surface area contributed by atoms with E-state index in [1.165, 1.54) is 10.4 Å². The Bertz CT molecular complexity index is 672. The zero-order chi connectivity index (χ0) is 13.8. The van der Waals surface area contributed by atoms with E-state index in [1.54, 1.807) is 11.3 Å². The fourth-order valence-electron chi connectivity index (χ4n) is 1.99. The number of rotatable bonds is 5. The second kappa shape index (κ2) is 5.98. The lowest BCUT2D eigenvalue weighted by molar-refractivity contribution is 0.697. The van der Waals surface area contributed by atoms with E-state index in [9.17, 15) is 0 Å². The minimum Gasteiger partial charge on any atom is -0.308 e. The molecule has 2 aromatic heterocycles. The van der Waals surface area contributed by atoms with E-state index in [1.807, 2.05) is 53.6 Å². The molecule has 0 spiro atoms. The molecule has 1 N–H and O–H groups in total. The predicted molar refractivity (Wildman–Crippen MR) is 81.0 cm³/mol. The number of nitrogens with zero attached hydrogens (tertiary/aromatic N) is 3. The van der Waals surface area contributed by atoms with Gasteiger partial charge in [0.15, 0.2) is 0 Å². The number of aryl methyl sites for hydroxylation is 1. The average Bonchev–Trinajstić information content (AvgIpc) is 3.10. The maximum Gasteiger partial charge on any atom is 0.0798 e. The second-order valence-electron chi connectivity index (χ2n) is 4.59. The van der Waals surface area contributed by atoms with Crippen LogP contribution in [-0.4, -0.2) is 14.8 Å². The van der Waals surface area contributed by atoms with Crippen LogP contribution in [0, 0.1) is 6.92 Å². The van der Waals surface area contributed by atoms with Gasteiger partial charge in [-0.3, -0.25) is 0 Å². The van der Waals surface area contributed by atoms with Crippen molar-refractivity contribution in [3.05, 3.63) is 64.4 Å². The molecular weight excluding hydrogens is 268 g/mol. The van der Waals surface area contributed by atoms with E-state index in [0.29, 0.717) is 0 Å². The summed E-state index contributed by atoms with van der Waals surface area (Å²) in [6, 6.07) is 10.1. The lowest BCUT2D eigenvalue weighted by Gasteiger charge is -2.01. The van der Waals surface area contributed by atoms with Gasteiger partial charge in [0.05, 0.1) is 23.1 Å². The van der Waals surface area contributed by atoms with Gasteiger partial charge in [0.1, 0.15) is 0 Å². The highest BCUT2D eigenvalue weighted by Gasteiger charge is 2.03. The Morgan fingerprint density at radius 1 is 1.20 bits per heavy atom. The summed E-state index contributed by atoms with van der Waals surface area (Å²) in [5, 5.41) is 7.81. The molecule has 0 aliphatic rings. The molecule has 0 aliphatic carbocycles. The first-order valence-corrected chi connectivity index (χ1v) is 7.39. The molecule has 20 heavy (non-hydrogen) atoms. The fourth-order valence-corrected chi connectivity index (χ4v) is 2.74. The van der Waals surface area contributed by atoms with Crippen LogP contribution < -0.4 is 5.32 Å². The molecule has 0 bridgehead atoms. The van der Waals surface area contributed by atoms with Crippen LogP contribution in [0.2, 0.25) is 0 Å². The van der Waals surface area contributed by atoms with Crippen LogP contribution >= 0.6 is 11.3 Å². The van der Waals surface area contributed by atoms with Gasteiger partial charge in [-0.1, -0.05) is 18.2 Å². The van der Waals surface area contributed by atoms with E-state index < -0.39 is 0 Å². The topological polar surface area (TPSA) is 42.7 Å². The van der Waals surface area contributed by atoms with Crippen molar-refractivity contribution in [2.45, 2.75) is 20.0 Å². The van der Waals surface area contributed by atoms with Gasteiger partial charge in [-0.15, -0.1) is 11.3 Å². The SMILES string of the molecule is Cc1ncsc1CNCc1cnn(-c2ccccc2)c1. The van der Waals surface area contributed by atoms with Crippen LogP contribution in [-0.2, 0) is 13.1 Å². The number of hydrogen-bond acceptors (Lipinski definition) is 4. The fraction of sp³-hybridized carbons (Fsp3) is 0.200. The van der Waals surface area contributed by atoms with Crippen molar-refractivity contribution in [3.63, 3.8) is 0 Å². The molecule has 0 unspecified atom stereocenters. The predicted octanol–water partition coefficient (Wildman–Crippen LogP) is 2.93. The second-order valence-corrected chi connectivity index (χ2v) is 5.53. The standard InChI is InChI=1S/C15H16N4S/c1-12-15(20-11-17-12)9-16-7-13-8-18-19(10-13)14-5-3-2-4-6-14/h2-6,8,10-11,16H,7,9H2,1H3. The van der Waals surface area contributed by atoms with Crippen LogP contribution in [0.25, 0.3) is 5.69 Å². The lowest BCUT2D eigenvalue weighted by Crippen LogP contribution is -2.12. The summed E-state index contributed by atoms with van der Waals surface area (Å²) in [6.45, 7) is 3.71. The van der Waals surface area contributed by atoms with Gasteiger partial charge in [0, 0.05) is 29.7 Å². The third-order valence-corrected chi connectivity index (χ3v) is 4.05. The number of hydrogen-bond donors (Lipinski definition) is 1. The molecule has 102 valence electrons. The minimum absolute atomic E-state index is 0.810. The Morgan fingerprint density at radius 2 is 2.05 bits per heavy atom. The monoisotopic (exact) mass is 284 g/mol. The van der Waals surface area contributed by atoms with Gasteiger partial charge in [-0.05, 0) is 19.1 Å². The molecule has 0 amide bonds. The van der Waals surface area contributed by atoms with Crippen molar-refractivity contribution in [1.82, 2.24) is 20.1 Å². The molecule has 4 nitrogen and oxygen atoms in total. The van der Waals surface area contributed by atoms with Crippen molar-refractivity contribution >= 4 is 11.3 Å². The van der Waals surface area contributed by atoms with Gasteiger partial charge in [-0.25, -0.2) is 9.67 Å². The highest BCUT2D eigenvalue weighted by atomic mass is 32.1. The van der Waals surface area contributed by atoms with E-state index >= 15 is 0 Å². The first kappa shape index (κ1) is 13.0. The molecule has 0 aliphatic heterocycles.